The predicted octanol–water partition coefficient (Wildman–Crippen LogP) is 0.957. The lowest BCUT2D eigenvalue weighted by Crippen LogP contribution is -2.51. The topological polar surface area (TPSA) is 127 Å². The second kappa shape index (κ2) is 9.18. The first-order valence-electron chi connectivity index (χ1n) is 9.19. The van der Waals surface area contributed by atoms with Gasteiger partial charge in [0.15, 0.2) is 0 Å². The van der Waals surface area contributed by atoms with Crippen LogP contribution in [0.4, 0.5) is 4.79 Å². The molecule has 0 saturated carbocycles. The summed E-state index contributed by atoms with van der Waals surface area (Å²) in [6, 6.07) is 1.81. The highest BCUT2D eigenvalue weighted by Crippen LogP contribution is 2.33. The Balaban J connectivity index is 1.82. The summed E-state index contributed by atoms with van der Waals surface area (Å²) in [5, 5.41) is 2.69. The highest BCUT2D eigenvalue weighted by atomic mass is 16.5. The highest BCUT2D eigenvalue weighted by molar-refractivity contribution is 5.84. The maximum absolute atomic E-state index is 13.1. The molecule has 154 valence electrons. The van der Waals surface area contributed by atoms with Gasteiger partial charge in [0.2, 0.25) is 0 Å². The van der Waals surface area contributed by atoms with Crippen LogP contribution in [-0.4, -0.2) is 64.6 Å². The number of amides is 2. The molecule has 29 heavy (non-hydrogen) atoms. The second-order valence-corrected chi connectivity index (χ2v) is 6.53. The largest absolute Gasteiger partial charge is 0.469 e. The Hall–Kier alpha value is -3.43. The normalized spacial score (nSPS) is 16.5. The summed E-state index contributed by atoms with van der Waals surface area (Å²) >= 11 is 0. The SMILES string of the molecule is COC(=O)CC[C@H](NC(=O)N1CCc2[nH]cnc2C1c1ccncc1)C(=O)OC. The fraction of sp³-hybridized carbons (Fsp3) is 0.421. The lowest BCUT2D eigenvalue weighted by atomic mass is 9.97. The molecular weight excluding hydrogens is 378 g/mol. The minimum atomic E-state index is -0.967. The average molecular weight is 401 g/mol. The van der Waals surface area contributed by atoms with Crippen LogP contribution < -0.4 is 5.32 Å². The number of urea groups is 1. The number of imidazole rings is 1. The van der Waals surface area contributed by atoms with Gasteiger partial charge in [-0.15, -0.1) is 0 Å². The van der Waals surface area contributed by atoms with E-state index in [2.05, 4.69) is 25.0 Å². The Morgan fingerprint density at radius 3 is 2.72 bits per heavy atom. The molecule has 1 unspecified atom stereocenters. The minimum Gasteiger partial charge on any atom is -0.469 e. The fourth-order valence-electron chi connectivity index (χ4n) is 3.37. The molecule has 0 spiro atoms. The van der Waals surface area contributed by atoms with Crippen molar-refractivity contribution in [2.45, 2.75) is 31.3 Å². The molecule has 2 N–H and O–H groups in total. The average Bonchev–Trinajstić information content (AvgIpc) is 3.24. The third kappa shape index (κ3) is 4.53. The second-order valence-electron chi connectivity index (χ2n) is 6.53. The van der Waals surface area contributed by atoms with Crippen LogP contribution in [0.25, 0.3) is 0 Å². The maximum Gasteiger partial charge on any atom is 0.328 e. The molecule has 2 aromatic rings. The lowest BCUT2D eigenvalue weighted by Gasteiger charge is -2.36. The van der Waals surface area contributed by atoms with Crippen LogP contribution >= 0.6 is 0 Å². The van der Waals surface area contributed by atoms with Crippen molar-refractivity contribution in [3.63, 3.8) is 0 Å². The molecule has 10 nitrogen and oxygen atoms in total. The number of esters is 2. The van der Waals surface area contributed by atoms with Gasteiger partial charge in [0.25, 0.3) is 0 Å². The molecule has 3 heterocycles. The monoisotopic (exact) mass is 401 g/mol. The maximum atomic E-state index is 13.1. The van der Waals surface area contributed by atoms with Gasteiger partial charge in [-0.1, -0.05) is 0 Å². The molecule has 2 amide bonds. The summed E-state index contributed by atoms with van der Waals surface area (Å²) in [5.74, 6) is -1.10. The van der Waals surface area contributed by atoms with E-state index >= 15 is 0 Å². The molecule has 1 aliphatic rings. The van der Waals surface area contributed by atoms with Crippen LogP contribution in [-0.2, 0) is 25.5 Å². The van der Waals surface area contributed by atoms with E-state index in [1.807, 2.05) is 12.1 Å². The number of nitrogens with one attached hydrogen (secondary N) is 2. The minimum absolute atomic E-state index is 0.0200. The molecule has 0 bridgehead atoms. The summed E-state index contributed by atoms with van der Waals surface area (Å²) in [6.45, 7) is 0.429. The van der Waals surface area contributed by atoms with Crippen molar-refractivity contribution in [3.05, 3.63) is 47.8 Å². The molecule has 2 atom stereocenters. The van der Waals surface area contributed by atoms with Gasteiger partial charge in [-0.2, -0.15) is 0 Å². The molecular formula is C19H23N5O5. The number of H-pyrrole nitrogens is 1. The number of fused-ring (bicyclic) bond motifs is 1. The van der Waals surface area contributed by atoms with E-state index in [-0.39, 0.29) is 12.8 Å². The van der Waals surface area contributed by atoms with Crippen molar-refractivity contribution < 1.29 is 23.9 Å². The molecule has 0 aromatic carbocycles. The Bertz CT molecular complexity index is 869. The summed E-state index contributed by atoms with van der Waals surface area (Å²) in [6.07, 6.45) is 5.57. The molecule has 0 saturated heterocycles. The summed E-state index contributed by atoms with van der Waals surface area (Å²) in [5.41, 5.74) is 2.57. The number of aromatic nitrogens is 3. The van der Waals surface area contributed by atoms with Crippen molar-refractivity contribution in [2.24, 2.45) is 0 Å². The van der Waals surface area contributed by atoms with E-state index in [0.717, 1.165) is 17.0 Å². The van der Waals surface area contributed by atoms with Crippen LogP contribution in [0.2, 0.25) is 0 Å². The molecule has 1 aliphatic heterocycles. The number of pyridine rings is 1. The first-order chi connectivity index (χ1) is 14.0. The Kier molecular flexibility index (Phi) is 6.43. The number of carbonyl (C=O) groups excluding carboxylic acids is 3. The van der Waals surface area contributed by atoms with E-state index in [9.17, 15) is 14.4 Å². The van der Waals surface area contributed by atoms with Crippen LogP contribution in [0.1, 0.15) is 35.8 Å². The number of ether oxygens (including phenoxy) is 2. The van der Waals surface area contributed by atoms with Gasteiger partial charge >= 0.3 is 18.0 Å². The first kappa shape index (κ1) is 20.3. The number of hydrogen-bond donors (Lipinski definition) is 2. The van der Waals surface area contributed by atoms with E-state index in [1.165, 1.54) is 14.2 Å². The van der Waals surface area contributed by atoms with E-state index < -0.39 is 30.1 Å². The molecule has 0 aliphatic carbocycles. The van der Waals surface area contributed by atoms with Crippen molar-refractivity contribution in [2.75, 3.05) is 20.8 Å². The predicted molar refractivity (Wildman–Crippen MR) is 101 cm³/mol. The zero-order chi connectivity index (χ0) is 20.8. The van der Waals surface area contributed by atoms with Gasteiger partial charge in [0, 0.05) is 37.5 Å². The van der Waals surface area contributed by atoms with Gasteiger partial charge in [-0.3, -0.25) is 9.78 Å². The summed E-state index contributed by atoms with van der Waals surface area (Å²) in [7, 11) is 2.50. The van der Waals surface area contributed by atoms with Crippen LogP contribution in [0.5, 0.6) is 0 Å². The standard InChI is InChI=1S/C19H23N5O5/c1-28-15(25)4-3-14(18(26)29-2)23-19(27)24-10-7-13-16(22-11-21-13)17(24)12-5-8-20-9-6-12/h5-6,8-9,11,14,17H,3-4,7,10H2,1-2H3,(H,21,22)(H,23,27)/t14-,17?/m0/s1. The molecule has 2 aromatic heterocycles. The lowest BCUT2D eigenvalue weighted by molar-refractivity contribution is -0.144. The Labute approximate surface area is 167 Å². The van der Waals surface area contributed by atoms with Gasteiger partial charge in [-0.05, 0) is 24.1 Å². The van der Waals surface area contributed by atoms with Crippen molar-refractivity contribution in [1.82, 2.24) is 25.2 Å². The molecule has 3 rings (SSSR count). The van der Waals surface area contributed by atoms with Crippen LogP contribution in [0.15, 0.2) is 30.9 Å². The number of nitrogens with zero attached hydrogens (tertiary/aromatic N) is 3. The van der Waals surface area contributed by atoms with Crippen molar-refractivity contribution in [1.29, 1.82) is 0 Å². The third-order valence-corrected chi connectivity index (χ3v) is 4.86. The number of methoxy groups -OCH3 is 2. The smallest absolute Gasteiger partial charge is 0.328 e. The van der Waals surface area contributed by atoms with Crippen molar-refractivity contribution in [3.8, 4) is 0 Å². The quantitative estimate of drug-likeness (QED) is 0.690. The van der Waals surface area contributed by atoms with E-state index in [0.29, 0.717) is 13.0 Å². The van der Waals surface area contributed by atoms with E-state index in [4.69, 9.17) is 4.74 Å². The fourth-order valence-corrected chi connectivity index (χ4v) is 3.37. The van der Waals surface area contributed by atoms with Gasteiger partial charge in [-0.25, -0.2) is 14.6 Å². The van der Waals surface area contributed by atoms with Crippen molar-refractivity contribution >= 4 is 18.0 Å². The Morgan fingerprint density at radius 2 is 2.03 bits per heavy atom. The van der Waals surface area contributed by atoms with E-state index in [1.54, 1.807) is 23.6 Å². The zero-order valence-electron chi connectivity index (χ0n) is 16.3. The summed E-state index contributed by atoms with van der Waals surface area (Å²) < 4.78 is 9.38. The van der Waals surface area contributed by atoms with Gasteiger partial charge < -0.3 is 24.7 Å². The van der Waals surface area contributed by atoms with Gasteiger partial charge in [0.1, 0.15) is 12.1 Å². The number of aromatic amines is 1. The number of hydrogen-bond acceptors (Lipinski definition) is 7. The highest BCUT2D eigenvalue weighted by Gasteiger charge is 2.35. The molecule has 0 fully saturated rings. The Morgan fingerprint density at radius 1 is 1.28 bits per heavy atom. The van der Waals surface area contributed by atoms with Crippen LogP contribution in [0, 0.1) is 0 Å². The molecule has 0 radical (unpaired) electrons. The zero-order valence-corrected chi connectivity index (χ0v) is 16.3. The molecule has 10 heteroatoms. The van der Waals surface area contributed by atoms with Crippen LogP contribution in [0.3, 0.4) is 0 Å². The number of rotatable bonds is 6. The third-order valence-electron chi connectivity index (χ3n) is 4.86. The van der Waals surface area contributed by atoms with Gasteiger partial charge in [0.05, 0.1) is 26.2 Å². The first-order valence-corrected chi connectivity index (χ1v) is 9.19. The number of carbonyl (C=O) groups is 3. The summed E-state index contributed by atoms with van der Waals surface area (Å²) in [4.78, 5) is 49.8.